The van der Waals surface area contributed by atoms with Crippen LogP contribution >= 0.6 is 23.2 Å². The van der Waals surface area contributed by atoms with E-state index in [1.54, 1.807) is 12.5 Å². The van der Waals surface area contributed by atoms with E-state index in [1.165, 1.54) is 0 Å². The third-order valence-electron chi connectivity index (χ3n) is 2.95. The zero-order valence-corrected chi connectivity index (χ0v) is 13.0. The van der Waals surface area contributed by atoms with Crippen LogP contribution in [0.3, 0.4) is 0 Å². The second-order valence-corrected chi connectivity index (χ2v) is 5.03. The lowest BCUT2D eigenvalue weighted by Crippen LogP contribution is -1.78. The first-order chi connectivity index (χ1) is 10.3. The molecule has 0 aromatic heterocycles. The van der Waals surface area contributed by atoms with Crippen LogP contribution in [0.5, 0.6) is 0 Å². The molecule has 0 unspecified atom stereocenters. The number of hydrogen-bond donors (Lipinski definition) is 0. The molecule has 0 aliphatic rings. The lowest BCUT2D eigenvalue weighted by molar-refractivity contribution is 0.410. The van der Waals surface area contributed by atoms with E-state index < -0.39 is 0 Å². The van der Waals surface area contributed by atoms with Crippen LogP contribution in [0, 0.1) is 0 Å². The van der Waals surface area contributed by atoms with Crippen molar-refractivity contribution in [3.05, 3.63) is 83.3 Å². The maximum absolute atomic E-state index is 5.74. The molecule has 3 heteroatoms. The Morgan fingerprint density at radius 3 is 1.38 bits per heavy atom. The molecule has 0 fully saturated rings. The molecule has 0 heterocycles. The van der Waals surface area contributed by atoms with E-state index >= 15 is 0 Å². The fourth-order valence-corrected chi connectivity index (χ4v) is 2.07. The highest BCUT2D eigenvalue weighted by Crippen LogP contribution is 2.10. The first-order valence-corrected chi connectivity index (χ1v) is 7.67. The smallest absolute Gasteiger partial charge is 0.0907 e. The van der Waals surface area contributed by atoms with Crippen molar-refractivity contribution >= 4 is 35.4 Å². The molecule has 0 amide bonds. The van der Waals surface area contributed by atoms with Crippen LogP contribution in [-0.4, -0.2) is 0 Å². The summed E-state index contributed by atoms with van der Waals surface area (Å²) in [4.78, 5) is 0. The van der Waals surface area contributed by atoms with Crippen LogP contribution in [0.4, 0.5) is 0 Å². The van der Waals surface area contributed by atoms with Crippen LogP contribution in [0.25, 0.3) is 12.2 Å². The zero-order chi connectivity index (χ0) is 14.9. The summed E-state index contributed by atoms with van der Waals surface area (Å²) < 4.78 is 5.34. The standard InChI is InChI=1S/C18H16Cl2O/c19-13-17-5-1-15(2-6-17)9-11-21-12-10-16-3-7-18(14-20)8-4-16/h1-12H,13-14H2. The van der Waals surface area contributed by atoms with E-state index in [0.717, 1.165) is 22.3 Å². The Kier molecular flexibility index (Phi) is 6.39. The summed E-state index contributed by atoms with van der Waals surface area (Å²) in [5, 5.41) is 0. The number of rotatable bonds is 6. The second kappa shape index (κ2) is 8.56. The van der Waals surface area contributed by atoms with Gasteiger partial charge in [-0.15, -0.1) is 23.2 Å². The third kappa shape index (κ3) is 5.30. The Hall–Kier alpha value is -1.70. The van der Waals surface area contributed by atoms with E-state index in [9.17, 15) is 0 Å². The van der Waals surface area contributed by atoms with Gasteiger partial charge in [0.1, 0.15) is 0 Å². The van der Waals surface area contributed by atoms with Crippen molar-refractivity contribution in [2.45, 2.75) is 11.8 Å². The summed E-state index contributed by atoms with van der Waals surface area (Å²) in [5.74, 6) is 1.07. The van der Waals surface area contributed by atoms with Gasteiger partial charge in [-0.1, -0.05) is 48.5 Å². The van der Waals surface area contributed by atoms with Crippen molar-refractivity contribution in [3.8, 4) is 0 Å². The second-order valence-electron chi connectivity index (χ2n) is 4.49. The van der Waals surface area contributed by atoms with Crippen molar-refractivity contribution in [2.24, 2.45) is 0 Å². The molecule has 2 rings (SSSR count). The van der Waals surface area contributed by atoms with Gasteiger partial charge < -0.3 is 4.74 Å². The Labute approximate surface area is 135 Å². The fraction of sp³-hybridized carbons (Fsp3) is 0.111. The van der Waals surface area contributed by atoms with E-state index in [1.807, 2.05) is 60.7 Å². The summed E-state index contributed by atoms with van der Waals surface area (Å²) in [6.07, 6.45) is 7.11. The number of halogens is 2. The van der Waals surface area contributed by atoms with E-state index in [4.69, 9.17) is 27.9 Å². The minimum atomic E-state index is 0.533. The molecule has 0 atom stereocenters. The number of alkyl halides is 2. The molecule has 108 valence electrons. The topological polar surface area (TPSA) is 9.23 Å². The van der Waals surface area contributed by atoms with Gasteiger partial charge in [-0.3, -0.25) is 0 Å². The van der Waals surface area contributed by atoms with Crippen molar-refractivity contribution in [1.29, 1.82) is 0 Å². The Morgan fingerprint density at radius 2 is 1.05 bits per heavy atom. The van der Waals surface area contributed by atoms with Gasteiger partial charge in [-0.2, -0.15) is 0 Å². The molecule has 2 aromatic rings. The predicted octanol–water partition coefficient (Wildman–Crippen LogP) is 5.82. The molecule has 0 aliphatic carbocycles. The highest BCUT2D eigenvalue weighted by molar-refractivity contribution is 6.17. The monoisotopic (exact) mass is 318 g/mol. The average molecular weight is 319 g/mol. The molecular weight excluding hydrogens is 303 g/mol. The van der Waals surface area contributed by atoms with Crippen molar-refractivity contribution in [1.82, 2.24) is 0 Å². The maximum atomic E-state index is 5.74. The highest BCUT2D eigenvalue weighted by Gasteiger charge is 1.90. The summed E-state index contributed by atoms with van der Waals surface area (Å²) in [6.45, 7) is 0. The number of ether oxygens (including phenoxy) is 1. The van der Waals surface area contributed by atoms with Gasteiger partial charge in [0, 0.05) is 11.8 Å². The largest absolute Gasteiger partial charge is 0.473 e. The SMILES string of the molecule is ClCc1ccc(C=COC=Cc2ccc(CCl)cc2)cc1. The molecule has 0 saturated carbocycles. The highest BCUT2D eigenvalue weighted by atomic mass is 35.5. The molecular formula is C18H16Cl2O. The molecule has 0 bridgehead atoms. The van der Waals surface area contributed by atoms with Gasteiger partial charge in [-0.05, 0) is 34.4 Å². The molecule has 0 N–H and O–H groups in total. The Balaban J connectivity index is 1.84. The quantitative estimate of drug-likeness (QED) is 0.481. The predicted molar refractivity (Wildman–Crippen MR) is 91.2 cm³/mol. The van der Waals surface area contributed by atoms with Crippen molar-refractivity contribution in [3.63, 3.8) is 0 Å². The Bertz CT molecular complexity index is 543. The van der Waals surface area contributed by atoms with Gasteiger partial charge in [0.25, 0.3) is 0 Å². The van der Waals surface area contributed by atoms with Gasteiger partial charge >= 0.3 is 0 Å². The molecule has 0 saturated heterocycles. The van der Waals surface area contributed by atoms with Crippen molar-refractivity contribution in [2.75, 3.05) is 0 Å². The molecule has 0 radical (unpaired) electrons. The first-order valence-electron chi connectivity index (χ1n) is 6.60. The van der Waals surface area contributed by atoms with Crippen LogP contribution < -0.4 is 0 Å². The summed E-state index contributed by atoms with van der Waals surface area (Å²) in [5.41, 5.74) is 4.36. The molecule has 0 spiro atoms. The molecule has 21 heavy (non-hydrogen) atoms. The summed E-state index contributed by atoms with van der Waals surface area (Å²) in [6, 6.07) is 16.0. The lowest BCUT2D eigenvalue weighted by atomic mass is 10.1. The van der Waals surface area contributed by atoms with Crippen LogP contribution in [0.15, 0.2) is 61.1 Å². The fourth-order valence-electron chi connectivity index (χ4n) is 1.72. The summed E-state index contributed by atoms with van der Waals surface area (Å²) in [7, 11) is 0. The lowest BCUT2D eigenvalue weighted by Gasteiger charge is -1.97. The number of benzene rings is 2. The summed E-state index contributed by atoms with van der Waals surface area (Å²) >= 11 is 11.5. The van der Waals surface area contributed by atoms with Gasteiger partial charge in [-0.25, -0.2) is 0 Å². The molecule has 1 nitrogen and oxygen atoms in total. The van der Waals surface area contributed by atoms with E-state index in [0.29, 0.717) is 11.8 Å². The van der Waals surface area contributed by atoms with E-state index in [2.05, 4.69) is 0 Å². The minimum absolute atomic E-state index is 0.533. The average Bonchev–Trinajstić information content (AvgIpc) is 2.55. The Morgan fingerprint density at radius 1 is 0.667 bits per heavy atom. The zero-order valence-electron chi connectivity index (χ0n) is 11.5. The van der Waals surface area contributed by atoms with Gasteiger partial charge in [0.05, 0.1) is 12.5 Å². The first kappa shape index (κ1) is 15.7. The van der Waals surface area contributed by atoms with Crippen molar-refractivity contribution < 1.29 is 4.74 Å². The van der Waals surface area contributed by atoms with Gasteiger partial charge in [0.15, 0.2) is 0 Å². The third-order valence-corrected chi connectivity index (χ3v) is 3.56. The molecule has 0 aliphatic heterocycles. The van der Waals surface area contributed by atoms with Crippen LogP contribution in [0.1, 0.15) is 22.3 Å². The minimum Gasteiger partial charge on any atom is -0.473 e. The number of hydrogen-bond acceptors (Lipinski definition) is 1. The molecule has 2 aromatic carbocycles. The van der Waals surface area contributed by atoms with Crippen LogP contribution in [-0.2, 0) is 16.5 Å². The maximum Gasteiger partial charge on any atom is 0.0907 e. The van der Waals surface area contributed by atoms with Gasteiger partial charge in [0.2, 0.25) is 0 Å². The normalized spacial score (nSPS) is 11.3. The van der Waals surface area contributed by atoms with E-state index in [-0.39, 0.29) is 0 Å². The van der Waals surface area contributed by atoms with Crippen LogP contribution in [0.2, 0.25) is 0 Å².